The molecule has 19 heavy (non-hydrogen) atoms. The summed E-state index contributed by atoms with van der Waals surface area (Å²) >= 11 is 0. The van der Waals surface area contributed by atoms with E-state index < -0.39 is 0 Å². The van der Waals surface area contributed by atoms with E-state index in [2.05, 4.69) is 37.9 Å². The maximum atomic E-state index is 6.11. The molecule has 1 N–H and O–H groups in total. The summed E-state index contributed by atoms with van der Waals surface area (Å²) in [5, 5.41) is 3.47. The first-order chi connectivity index (χ1) is 8.94. The fourth-order valence-corrected chi connectivity index (χ4v) is 3.42. The van der Waals surface area contributed by atoms with Gasteiger partial charge in [0, 0.05) is 32.2 Å². The summed E-state index contributed by atoms with van der Waals surface area (Å²) < 4.78 is 6.11. The molecule has 0 aromatic carbocycles. The van der Waals surface area contributed by atoms with Crippen LogP contribution in [0.1, 0.15) is 53.4 Å². The monoisotopic (exact) mass is 268 g/mol. The average Bonchev–Trinajstić information content (AvgIpc) is 2.33. The third-order valence-corrected chi connectivity index (χ3v) is 4.45. The zero-order chi connectivity index (χ0) is 13.9. The van der Waals surface area contributed by atoms with Gasteiger partial charge in [0.2, 0.25) is 0 Å². The van der Waals surface area contributed by atoms with Crippen LogP contribution in [0.25, 0.3) is 0 Å². The molecule has 0 unspecified atom stereocenters. The van der Waals surface area contributed by atoms with Crippen LogP contribution < -0.4 is 5.32 Å². The topological polar surface area (TPSA) is 24.5 Å². The van der Waals surface area contributed by atoms with E-state index in [1.807, 2.05) is 0 Å². The van der Waals surface area contributed by atoms with E-state index in [1.54, 1.807) is 0 Å². The van der Waals surface area contributed by atoms with Crippen LogP contribution in [0.15, 0.2) is 0 Å². The summed E-state index contributed by atoms with van der Waals surface area (Å²) in [6, 6.07) is 0.706. The molecule has 0 bridgehead atoms. The van der Waals surface area contributed by atoms with E-state index in [0.717, 1.165) is 19.0 Å². The van der Waals surface area contributed by atoms with Crippen molar-refractivity contribution in [1.29, 1.82) is 0 Å². The Labute approximate surface area is 119 Å². The highest BCUT2D eigenvalue weighted by Crippen LogP contribution is 2.29. The minimum absolute atomic E-state index is 0.0184. The van der Waals surface area contributed by atoms with E-state index in [0.29, 0.717) is 12.1 Å². The SMILES string of the molecule is C[C@H]1CNCCN1CC1CCC(OC(C)(C)C)CC1. The molecular weight excluding hydrogens is 236 g/mol. The lowest BCUT2D eigenvalue weighted by Crippen LogP contribution is -2.51. The molecule has 1 aliphatic carbocycles. The Balaban J connectivity index is 1.71. The van der Waals surface area contributed by atoms with Crippen LogP contribution in [0.4, 0.5) is 0 Å². The van der Waals surface area contributed by atoms with Crippen molar-refractivity contribution in [1.82, 2.24) is 10.2 Å². The molecule has 3 heteroatoms. The average molecular weight is 268 g/mol. The molecule has 3 nitrogen and oxygen atoms in total. The Hall–Kier alpha value is -0.120. The molecule has 0 amide bonds. The van der Waals surface area contributed by atoms with E-state index in [1.165, 1.54) is 38.8 Å². The van der Waals surface area contributed by atoms with Gasteiger partial charge in [-0.05, 0) is 59.3 Å². The molecule has 1 saturated carbocycles. The van der Waals surface area contributed by atoms with Crippen molar-refractivity contribution in [2.24, 2.45) is 5.92 Å². The van der Waals surface area contributed by atoms with Gasteiger partial charge in [0.25, 0.3) is 0 Å². The van der Waals surface area contributed by atoms with Gasteiger partial charge in [0.1, 0.15) is 0 Å². The van der Waals surface area contributed by atoms with Gasteiger partial charge in [-0.1, -0.05) is 0 Å². The predicted molar refractivity (Wildman–Crippen MR) is 80.5 cm³/mol. The first-order valence-corrected chi connectivity index (χ1v) is 8.06. The number of nitrogens with zero attached hydrogens (tertiary/aromatic N) is 1. The number of rotatable bonds is 3. The van der Waals surface area contributed by atoms with Gasteiger partial charge >= 0.3 is 0 Å². The number of nitrogens with one attached hydrogen (secondary N) is 1. The minimum Gasteiger partial charge on any atom is -0.373 e. The second-order valence-electron chi connectivity index (χ2n) is 7.42. The summed E-state index contributed by atoms with van der Waals surface area (Å²) in [6.07, 6.45) is 5.69. The number of piperazine rings is 1. The van der Waals surface area contributed by atoms with E-state index in [9.17, 15) is 0 Å². The predicted octanol–water partition coefficient (Wildman–Crippen LogP) is 2.65. The molecule has 2 rings (SSSR count). The molecule has 1 heterocycles. The Kier molecular flexibility index (Phi) is 5.27. The van der Waals surface area contributed by atoms with Crippen molar-refractivity contribution < 1.29 is 4.74 Å². The third kappa shape index (κ3) is 5.05. The maximum absolute atomic E-state index is 6.11. The fourth-order valence-electron chi connectivity index (χ4n) is 3.42. The van der Waals surface area contributed by atoms with E-state index >= 15 is 0 Å². The minimum atomic E-state index is 0.0184. The number of hydrogen-bond donors (Lipinski definition) is 1. The van der Waals surface area contributed by atoms with Gasteiger partial charge in [0.15, 0.2) is 0 Å². The van der Waals surface area contributed by atoms with Crippen molar-refractivity contribution in [3.63, 3.8) is 0 Å². The third-order valence-electron chi connectivity index (χ3n) is 4.45. The molecule has 0 aromatic rings. The molecular formula is C16H32N2O. The summed E-state index contributed by atoms with van der Waals surface area (Å²) in [6.45, 7) is 13.7. The van der Waals surface area contributed by atoms with E-state index in [4.69, 9.17) is 4.74 Å². The van der Waals surface area contributed by atoms with Gasteiger partial charge in [-0.3, -0.25) is 4.90 Å². The molecule has 0 radical (unpaired) electrons. The Morgan fingerprint density at radius 3 is 2.42 bits per heavy atom. The van der Waals surface area contributed by atoms with Gasteiger partial charge in [-0.15, -0.1) is 0 Å². The van der Waals surface area contributed by atoms with Gasteiger partial charge in [0.05, 0.1) is 11.7 Å². The smallest absolute Gasteiger partial charge is 0.0602 e. The summed E-state index contributed by atoms with van der Waals surface area (Å²) in [5.74, 6) is 0.889. The Bertz CT molecular complexity index is 266. The lowest BCUT2D eigenvalue weighted by molar-refractivity contribution is -0.0799. The lowest BCUT2D eigenvalue weighted by Gasteiger charge is -2.39. The normalized spacial score (nSPS) is 34.4. The first kappa shape index (κ1) is 15.3. The highest BCUT2D eigenvalue weighted by atomic mass is 16.5. The lowest BCUT2D eigenvalue weighted by atomic mass is 9.86. The van der Waals surface area contributed by atoms with Crippen molar-refractivity contribution in [3.05, 3.63) is 0 Å². The highest BCUT2D eigenvalue weighted by molar-refractivity contribution is 4.82. The zero-order valence-corrected chi connectivity index (χ0v) is 13.2. The largest absolute Gasteiger partial charge is 0.373 e. The van der Waals surface area contributed by atoms with E-state index in [-0.39, 0.29) is 5.60 Å². The van der Waals surface area contributed by atoms with Crippen LogP contribution >= 0.6 is 0 Å². The second-order valence-corrected chi connectivity index (χ2v) is 7.42. The number of hydrogen-bond acceptors (Lipinski definition) is 3. The molecule has 112 valence electrons. The van der Waals surface area contributed by atoms with Gasteiger partial charge in [-0.2, -0.15) is 0 Å². The van der Waals surface area contributed by atoms with Crippen LogP contribution in [0, 0.1) is 5.92 Å². The van der Waals surface area contributed by atoms with Crippen molar-refractivity contribution in [3.8, 4) is 0 Å². The van der Waals surface area contributed by atoms with Crippen molar-refractivity contribution >= 4 is 0 Å². The van der Waals surface area contributed by atoms with Crippen LogP contribution in [0.3, 0.4) is 0 Å². The highest BCUT2D eigenvalue weighted by Gasteiger charge is 2.28. The molecule has 1 saturated heterocycles. The van der Waals surface area contributed by atoms with Crippen LogP contribution in [0.2, 0.25) is 0 Å². The van der Waals surface area contributed by atoms with Crippen LogP contribution in [-0.4, -0.2) is 48.8 Å². The molecule has 2 aliphatic rings. The molecule has 0 aromatic heterocycles. The first-order valence-electron chi connectivity index (χ1n) is 8.06. The molecule has 1 atom stereocenters. The van der Waals surface area contributed by atoms with Crippen molar-refractivity contribution in [2.45, 2.75) is 71.1 Å². The fraction of sp³-hybridized carbons (Fsp3) is 1.00. The second kappa shape index (κ2) is 6.55. The maximum Gasteiger partial charge on any atom is 0.0602 e. The van der Waals surface area contributed by atoms with Gasteiger partial charge in [-0.25, -0.2) is 0 Å². The van der Waals surface area contributed by atoms with Gasteiger partial charge < -0.3 is 10.1 Å². The zero-order valence-electron chi connectivity index (χ0n) is 13.2. The Morgan fingerprint density at radius 2 is 1.84 bits per heavy atom. The summed E-state index contributed by atoms with van der Waals surface area (Å²) in [4.78, 5) is 2.67. The molecule has 2 fully saturated rings. The molecule has 0 spiro atoms. The number of ether oxygens (including phenoxy) is 1. The standard InChI is InChI=1S/C16H32N2O/c1-13-11-17-9-10-18(13)12-14-5-7-15(8-6-14)19-16(2,3)4/h13-15,17H,5-12H2,1-4H3/t13-,14?,15?/m0/s1. The van der Waals surface area contributed by atoms with Crippen molar-refractivity contribution in [2.75, 3.05) is 26.2 Å². The Morgan fingerprint density at radius 1 is 1.16 bits per heavy atom. The summed E-state index contributed by atoms with van der Waals surface area (Å²) in [7, 11) is 0. The summed E-state index contributed by atoms with van der Waals surface area (Å²) in [5.41, 5.74) is 0.0184. The van der Waals surface area contributed by atoms with Crippen LogP contribution in [0.5, 0.6) is 0 Å². The molecule has 1 aliphatic heterocycles. The van der Waals surface area contributed by atoms with Crippen LogP contribution in [-0.2, 0) is 4.74 Å². The quantitative estimate of drug-likeness (QED) is 0.851.